The molecule has 0 aliphatic heterocycles. The van der Waals surface area contributed by atoms with Crippen LogP contribution in [0.15, 0.2) is 45.9 Å². The fraction of sp³-hybridized carbons (Fsp3) is 0.722. The third-order valence-corrected chi connectivity index (χ3v) is 13.6. The molecule has 3 nitrogen and oxygen atoms in total. The van der Waals surface area contributed by atoms with Gasteiger partial charge in [-0.15, -0.1) is 0 Å². The molecular weight excluding hydrogens is 508 g/mol. The first-order valence-corrected chi connectivity index (χ1v) is 18.1. The van der Waals surface area contributed by atoms with Crippen LogP contribution in [0.25, 0.3) is 0 Å². The molecule has 222 valence electrons. The molecule has 9 atom stereocenters. The van der Waals surface area contributed by atoms with Gasteiger partial charge in [0.25, 0.3) is 0 Å². The molecule has 4 heteroatoms. The monoisotopic (exact) mass is 564 g/mol. The number of allylic oxidation sites excluding steroid dienone is 2. The Labute approximate surface area is 246 Å². The lowest BCUT2D eigenvalue weighted by atomic mass is 9.46. The number of hydrogen-bond donors (Lipinski definition) is 1. The summed E-state index contributed by atoms with van der Waals surface area (Å²) in [5.74, 6) is 8.94. The maximum Gasteiger partial charge on any atom is 0.0886 e. The third kappa shape index (κ3) is 5.48. The van der Waals surface area contributed by atoms with Crippen molar-refractivity contribution in [1.29, 1.82) is 0 Å². The zero-order valence-electron chi connectivity index (χ0n) is 26.5. The molecule has 0 spiro atoms. The molecule has 1 aromatic carbocycles. The molecule has 4 aliphatic rings. The normalized spacial score (nSPS) is 38.6. The van der Waals surface area contributed by atoms with Gasteiger partial charge in [0.2, 0.25) is 0 Å². The SMILES string of the molecule is C=S(=O)(N/N=C1\C=C2CC(C)CCC2(C)[C@H]2CCC3(C)C([C@H](C)CCCC(C)C)CC[C@H]3C12)c1ccc(C)cc1. The topological polar surface area (TPSA) is 41.5 Å². The Morgan fingerprint density at radius 2 is 1.75 bits per heavy atom. The molecule has 1 aromatic rings. The van der Waals surface area contributed by atoms with E-state index in [-0.39, 0.29) is 5.41 Å². The van der Waals surface area contributed by atoms with E-state index in [9.17, 15) is 4.21 Å². The summed E-state index contributed by atoms with van der Waals surface area (Å²) >= 11 is 0. The van der Waals surface area contributed by atoms with Gasteiger partial charge in [0, 0.05) is 5.92 Å². The molecule has 1 N–H and O–H groups in total. The van der Waals surface area contributed by atoms with Crippen molar-refractivity contribution in [3.8, 4) is 0 Å². The summed E-state index contributed by atoms with van der Waals surface area (Å²) < 4.78 is 13.7. The van der Waals surface area contributed by atoms with Crippen molar-refractivity contribution in [3.05, 3.63) is 41.5 Å². The maximum atomic E-state index is 13.7. The molecule has 0 bridgehead atoms. The molecular formula is C36H56N2OS. The van der Waals surface area contributed by atoms with Crippen molar-refractivity contribution in [2.45, 2.75) is 118 Å². The van der Waals surface area contributed by atoms with E-state index in [4.69, 9.17) is 5.10 Å². The van der Waals surface area contributed by atoms with Crippen LogP contribution in [-0.4, -0.2) is 15.8 Å². The number of benzene rings is 1. The van der Waals surface area contributed by atoms with Crippen LogP contribution < -0.4 is 4.83 Å². The predicted octanol–water partition coefficient (Wildman–Crippen LogP) is 9.22. The van der Waals surface area contributed by atoms with Crippen LogP contribution in [0, 0.1) is 59.2 Å². The van der Waals surface area contributed by atoms with E-state index in [1.165, 1.54) is 69.9 Å². The average Bonchev–Trinajstić information content (AvgIpc) is 3.25. The summed E-state index contributed by atoms with van der Waals surface area (Å²) in [7, 11) is -2.72. The Kier molecular flexibility index (Phi) is 8.43. The highest BCUT2D eigenvalue weighted by molar-refractivity contribution is 7.98. The summed E-state index contributed by atoms with van der Waals surface area (Å²) in [6.07, 6.45) is 15.7. The maximum absolute atomic E-state index is 13.7. The van der Waals surface area contributed by atoms with E-state index in [1.807, 2.05) is 24.3 Å². The Hall–Kier alpha value is -1.55. The number of rotatable bonds is 8. The van der Waals surface area contributed by atoms with Crippen LogP contribution in [0.2, 0.25) is 0 Å². The van der Waals surface area contributed by atoms with E-state index >= 15 is 0 Å². The second kappa shape index (κ2) is 11.3. The lowest BCUT2D eigenvalue weighted by Gasteiger charge is -2.58. The number of nitrogens with one attached hydrogen (secondary N) is 1. The van der Waals surface area contributed by atoms with Gasteiger partial charge in [0.05, 0.1) is 20.3 Å². The second-order valence-electron chi connectivity index (χ2n) is 15.3. The van der Waals surface area contributed by atoms with Gasteiger partial charge in [-0.3, -0.25) is 0 Å². The summed E-state index contributed by atoms with van der Waals surface area (Å²) in [5.41, 5.74) is 4.57. The van der Waals surface area contributed by atoms with Crippen LogP contribution in [0.1, 0.15) is 111 Å². The Morgan fingerprint density at radius 1 is 1.02 bits per heavy atom. The quantitative estimate of drug-likeness (QED) is 0.248. The Balaban J connectivity index is 1.48. The van der Waals surface area contributed by atoms with Crippen LogP contribution in [0.4, 0.5) is 0 Å². The highest BCUT2D eigenvalue weighted by Crippen LogP contribution is 2.67. The molecule has 0 radical (unpaired) electrons. The van der Waals surface area contributed by atoms with Crippen molar-refractivity contribution in [3.63, 3.8) is 0 Å². The van der Waals surface area contributed by atoms with E-state index in [1.54, 1.807) is 5.57 Å². The van der Waals surface area contributed by atoms with Crippen molar-refractivity contribution in [1.82, 2.24) is 4.83 Å². The van der Waals surface area contributed by atoms with Gasteiger partial charge >= 0.3 is 0 Å². The van der Waals surface area contributed by atoms with Crippen molar-refractivity contribution < 1.29 is 4.21 Å². The van der Waals surface area contributed by atoms with Gasteiger partial charge in [-0.2, -0.15) is 5.10 Å². The molecule has 40 heavy (non-hydrogen) atoms. The van der Waals surface area contributed by atoms with Crippen LogP contribution >= 0.6 is 0 Å². The molecule has 0 aromatic heterocycles. The molecule has 4 aliphatic carbocycles. The molecule has 3 fully saturated rings. The highest BCUT2D eigenvalue weighted by atomic mass is 32.2. The van der Waals surface area contributed by atoms with Gasteiger partial charge in [-0.25, -0.2) is 9.04 Å². The molecule has 5 rings (SSSR count). The largest absolute Gasteiger partial charge is 0.241 e. The van der Waals surface area contributed by atoms with E-state index in [0.29, 0.717) is 23.2 Å². The molecule has 6 unspecified atom stereocenters. The number of fused-ring (bicyclic) bond motifs is 5. The first-order valence-electron chi connectivity index (χ1n) is 16.3. The Bertz CT molecular complexity index is 1230. The summed E-state index contributed by atoms with van der Waals surface area (Å²) in [4.78, 5) is 3.87. The zero-order valence-corrected chi connectivity index (χ0v) is 27.3. The van der Waals surface area contributed by atoms with Gasteiger partial charge in [-0.05, 0) is 122 Å². The summed E-state index contributed by atoms with van der Waals surface area (Å²) in [6.45, 7) is 16.9. The number of hydrogen-bond acceptors (Lipinski definition) is 2. The van der Waals surface area contributed by atoms with Gasteiger partial charge < -0.3 is 0 Å². The summed E-state index contributed by atoms with van der Waals surface area (Å²) in [5, 5.41) is 5.07. The second-order valence-corrected chi connectivity index (χ2v) is 17.3. The zero-order chi connectivity index (χ0) is 28.9. The third-order valence-electron chi connectivity index (χ3n) is 12.1. The first-order chi connectivity index (χ1) is 18.8. The van der Waals surface area contributed by atoms with E-state index in [0.717, 1.165) is 34.1 Å². The van der Waals surface area contributed by atoms with Crippen molar-refractivity contribution in [2.24, 2.45) is 57.4 Å². The van der Waals surface area contributed by atoms with Gasteiger partial charge in [0.1, 0.15) is 0 Å². The van der Waals surface area contributed by atoms with Crippen molar-refractivity contribution in [2.75, 3.05) is 0 Å². The van der Waals surface area contributed by atoms with Crippen LogP contribution in [0.3, 0.4) is 0 Å². The Morgan fingerprint density at radius 3 is 2.45 bits per heavy atom. The standard InChI is InChI=1S/C36H56N2OS/c1-24(2)10-9-11-27(5)30-16-17-31-34-32(19-21-36(30,31)7)35(6)20-18-26(4)22-28(35)23-33(34)37-38-40(8,39)29-14-12-25(3)13-15-29/h12-15,23-24,26-27,30-32,34H,8-11,16-22H2,1-7H3,(H,38,39)/b37-33+/t26?,27-,30?,31+,32+,34?,35?,36?,40?/m1/s1. The summed E-state index contributed by atoms with van der Waals surface area (Å²) in [6, 6.07) is 7.88. The molecule has 0 amide bonds. The minimum absolute atomic E-state index is 0.279. The minimum Gasteiger partial charge on any atom is -0.241 e. The number of nitrogens with zero attached hydrogens (tertiary/aromatic N) is 1. The lowest BCUT2D eigenvalue weighted by Crippen LogP contribution is -2.53. The molecule has 0 saturated heterocycles. The average molecular weight is 565 g/mol. The smallest absolute Gasteiger partial charge is 0.0886 e. The minimum atomic E-state index is -2.72. The van der Waals surface area contributed by atoms with E-state index in [2.05, 4.69) is 65.2 Å². The number of aryl methyl sites for hydroxylation is 1. The molecule has 0 heterocycles. The fourth-order valence-corrected chi connectivity index (χ4v) is 10.6. The van der Waals surface area contributed by atoms with E-state index < -0.39 is 9.71 Å². The highest BCUT2D eigenvalue weighted by Gasteiger charge is 2.60. The first kappa shape index (κ1) is 29.9. The van der Waals surface area contributed by atoms with Gasteiger partial charge in [-0.1, -0.05) is 84.1 Å². The lowest BCUT2D eigenvalue weighted by molar-refractivity contribution is -0.0239. The fourth-order valence-electron chi connectivity index (χ4n) is 9.67. The number of hydrazone groups is 1. The van der Waals surface area contributed by atoms with Crippen LogP contribution in [0.5, 0.6) is 0 Å². The van der Waals surface area contributed by atoms with Crippen LogP contribution in [-0.2, 0) is 9.71 Å². The molecule has 3 saturated carbocycles. The van der Waals surface area contributed by atoms with Crippen molar-refractivity contribution >= 4 is 21.3 Å². The predicted molar refractivity (Wildman–Crippen MR) is 173 cm³/mol. The van der Waals surface area contributed by atoms with Gasteiger partial charge in [0.15, 0.2) is 0 Å².